The Kier molecular flexibility index (Phi) is 8.52. The topological polar surface area (TPSA) is 99.6 Å². The lowest BCUT2D eigenvalue weighted by molar-refractivity contribution is -0.154. The molecule has 210 valence electrons. The van der Waals surface area contributed by atoms with Gasteiger partial charge in [0.1, 0.15) is 6.04 Å². The summed E-state index contributed by atoms with van der Waals surface area (Å²) in [6.07, 6.45) is 10.5. The first-order valence-electron chi connectivity index (χ1n) is 14.1. The van der Waals surface area contributed by atoms with Crippen LogP contribution in [0.3, 0.4) is 0 Å². The molecule has 3 fully saturated rings. The smallest absolute Gasteiger partial charge is 0.311 e. The van der Waals surface area contributed by atoms with E-state index in [0.717, 1.165) is 38.9 Å². The van der Waals surface area contributed by atoms with Crippen molar-refractivity contribution < 1.29 is 29.0 Å². The van der Waals surface area contributed by atoms with Gasteiger partial charge in [0, 0.05) is 38.0 Å². The Morgan fingerprint density at radius 3 is 2.66 bits per heavy atom. The lowest BCUT2D eigenvalue weighted by Crippen LogP contribution is -2.58. The molecule has 38 heavy (non-hydrogen) atoms. The summed E-state index contributed by atoms with van der Waals surface area (Å²) in [5.41, 5.74) is 0. The van der Waals surface area contributed by atoms with Gasteiger partial charge in [0.05, 0.1) is 49.1 Å². The van der Waals surface area contributed by atoms with Crippen molar-refractivity contribution in [1.29, 1.82) is 0 Å². The van der Waals surface area contributed by atoms with Crippen molar-refractivity contribution in [1.82, 2.24) is 14.7 Å². The van der Waals surface area contributed by atoms with Crippen LogP contribution in [0, 0.1) is 17.8 Å². The number of aliphatic hydroxyl groups excluding tert-OH is 1. The minimum Gasteiger partial charge on any atom is -0.465 e. The molecule has 1 N–H and O–H groups in total. The molecule has 0 aromatic heterocycles. The van der Waals surface area contributed by atoms with Gasteiger partial charge in [-0.3, -0.25) is 19.3 Å². The van der Waals surface area contributed by atoms with E-state index in [0.29, 0.717) is 32.9 Å². The third-order valence-corrected chi connectivity index (χ3v) is 10.8. The van der Waals surface area contributed by atoms with Crippen LogP contribution in [0.1, 0.15) is 33.1 Å². The fourth-order valence-corrected chi connectivity index (χ4v) is 8.69. The molecule has 5 aliphatic heterocycles. The maximum Gasteiger partial charge on any atom is 0.311 e. The number of carbonyl (C=O) groups is 3. The van der Waals surface area contributed by atoms with Crippen LogP contribution in [-0.2, 0) is 23.9 Å². The summed E-state index contributed by atoms with van der Waals surface area (Å²) in [5, 5.41) is 10.2. The number of cyclic esters (lactones) is 1. The van der Waals surface area contributed by atoms with Crippen molar-refractivity contribution in [2.24, 2.45) is 17.8 Å². The van der Waals surface area contributed by atoms with Gasteiger partial charge in [-0.05, 0) is 18.8 Å². The van der Waals surface area contributed by atoms with Crippen LogP contribution in [0.5, 0.6) is 0 Å². The summed E-state index contributed by atoms with van der Waals surface area (Å²) in [5.74, 6) is -2.06. The van der Waals surface area contributed by atoms with Crippen molar-refractivity contribution in [3.05, 3.63) is 24.3 Å². The van der Waals surface area contributed by atoms with Crippen molar-refractivity contribution in [3.63, 3.8) is 0 Å². The number of carbonyl (C=O) groups excluding carboxylic acids is 3. The number of fused-ring (bicyclic) bond motifs is 2. The minimum atomic E-state index is -0.888. The third kappa shape index (κ3) is 4.82. The molecule has 1 spiro atoms. The summed E-state index contributed by atoms with van der Waals surface area (Å²) in [4.78, 5) is 48.0. The first-order chi connectivity index (χ1) is 18.4. The number of allylic oxidation sites excluding steroid dienone is 1. The molecule has 3 saturated heterocycles. The fraction of sp³-hybridized carbons (Fsp3) is 0.750. The van der Waals surface area contributed by atoms with Crippen LogP contribution in [-0.4, -0.2) is 119 Å². The van der Waals surface area contributed by atoms with Gasteiger partial charge in [-0.25, -0.2) is 0 Å². The second-order valence-electron chi connectivity index (χ2n) is 11.1. The molecule has 5 heterocycles. The van der Waals surface area contributed by atoms with E-state index in [1.165, 1.54) is 0 Å². The number of aliphatic hydroxyl groups is 1. The van der Waals surface area contributed by atoms with E-state index in [4.69, 9.17) is 9.47 Å². The van der Waals surface area contributed by atoms with Gasteiger partial charge in [0.15, 0.2) is 0 Å². The number of nitrogens with zero attached hydrogens (tertiary/aromatic N) is 3. The minimum absolute atomic E-state index is 0.00478. The molecule has 1 unspecified atom stereocenters. The summed E-state index contributed by atoms with van der Waals surface area (Å²) in [6.45, 7) is 8.95. The highest BCUT2D eigenvalue weighted by atomic mass is 32.2. The van der Waals surface area contributed by atoms with E-state index in [9.17, 15) is 19.5 Å². The fourth-order valence-electron chi connectivity index (χ4n) is 6.70. The predicted octanol–water partition coefficient (Wildman–Crippen LogP) is 1.31. The maximum absolute atomic E-state index is 14.4. The summed E-state index contributed by atoms with van der Waals surface area (Å²) < 4.78 is 10.2. The molecular weight excluding hydrogens is 506 g/mol. The van der Waals surface area contributed by atoms with Crippen molar-refractivity contribution >= 4 is 29.5 Å². The zero-order chi connectivity index (χ0) is 26.9. The molecule has 2 amide bonds. The number of amides is 2. The first-order valence-corrected chi connectivity index (χ1v) is 15.0. The number of thioether (sulfide) groups is 1. The highest BCUT2D eigenvalue weighted by molar-refractivity contribution is 8.02. The molecule has 5 rings (SSSR count). The predicted molar refractivity (Wildman–Crippen MR) is 144 cm³/mol. The SMILES string of the molecule is CC[C@H](C)[C@H](CO)N1C(=O)[C@@H]2[C@H]3C(=O)OCCC/C=C\[C@H]3S[C@@]23C=CCN(CCN2CCOCC2)C(=O)C13. The Labute approximate surface area is 229 Å². The first kappa shape index (κ1) is 27.7. The van der Waals surface area contributed by atoms with E-state index < -0.39 is 28.7 Å². The standard InChI is InChI=1S/C28H41N3O6S/c1-3-19(2)20(18-32)31-24-26(34)30(12-11-29-13-16-36-17-14-29)10-7-9-28(24)23(25(31)33)22-21(38-28)8-5-4-6-15-37-27(22)35/h5,7-9,19-24,32H,3-4,6,10-18H2,1-2H3/b8-5-/t19-,20-,21+,22-,23-,24?,28-/m0/s1. The van der Waals surface area contributed by atoms with Gasteiger partial charge < -0.3 is 24.4 Å². The van der Waals surface area contributed by atoms with E-state index >= 15 is 0 Å². The van der Waals surface area contributed by atoms with Gasteiger partial charge in [-0.2, -0.15) is 0 Å². The molecule has 0 aliphatic carbocycles. The zero-order valence-corrected chi connectivity index (χ0v) is 23.3. The molecule has 0 saturated carbocycles. The van der Waals surface area contributed by atoms with Crippen LogP contribution < -0.4 is 0 Å². The van der Waals surface area contributed by atoms with Gasteiger partial charge in [0.2, 0.25) is 11.8 Å². The second kappa shape index (κ2) is 11.7. The Balaban J connectivity index is 1.53. The van der Waals surface area contributed by atoms with Crippen molar-refractivity contribution in [2.75, 3.05) is 59.2 Å². The molecule has 0 aromatic carbocycles. The van der Waals surface area contributed by atoms with E-state index in [-0.39, 0.29) is 35.6 Å². The quantitative estimate of drug-likeness (QED) is 0.376. The van der Waals surface area contributed by atoms with Crippen LogP contribution in [0.2, 0.25) is 0 Å². The maximum atomic E-state index is 14.4. The Bertz CT molecular complexity index is 968. The van der Waals surface area contributed by atoms with E-state index in [1.54, 1.807) is 16.7 Å². The monoisotopic (exact) mass is 547 g/mol. The van der Waals surface area contributed by atoms with Crippen molar-refractivity contribution in [3.8, 4) is 0 Å². The van der Waals surface area contributed by atoms with E-state index in [1.807, 2.05) is 37.0 Å². The molecule has 0 bridgehead atoms. The number of hydrogen-bond donors (Lipinski definition) is 1. The zero-order valence-electron chi connectivity index (χ0n) is 22.5. The number of esters is 1. The molecular formula is C28H41N3O6S. The lowest BCUT2D eigenvalue weighted by Gasteiger charge is -2.40. The second-order valence-corrected chi connectivity index (χ2v) is 12.6. The molecule has 0 aromatic rings. The summed E-state index contributed by atoms with van der Waals surface area (Å²) in [6, 6.07) is -1.28. The molecule has 9 nitrogen and oxygen atoms in total. The lowest BCUT2D eigenvalue weighted by atomic mass is 9.78. The van der Waals surface area contributed by atoms with Crippen LogP contribution >= 0.6 is 11.8 Å². The average Bonchev–Trinajstić information content (AvgIpc) is 3.34. The van der Waals surface area contributed by atoms with Gasteiger partial charge in [0.25, 0.3) is 0 Å². The summed E-state index contributed by atoms with van der Waals surface area (Å²) in [7, 11) is 0. The van der Waals surface area contributed by atoms with Crippen LogP contribution in [0.25, 0.3) is 0 Å². The number of hydrogen-bond acceptors (Lipinski definition) is 8. The molecule has 5 aliphatic rings. The van der Waals surface area contributed by atoms with Crippen molar-refractivity contribution in [2.45, 2.75) is 55.2 Å². The average molecular weight is 548 g/mol. The number of morpholine rings is 1. The highest BCUT2D eigenvalue weighted by Gasteiger charge is 2.71. The van der Waals surface area contributed by atoms with Crippen LogP contribution in [0.4, 0.5) is 0 Å². The molecule has 10 heteroatoms. The Morgan fingerprint density at radius 2 is 1.92 bits per heavy atom. The Hall–Kier alpha value is -1.88. The van der Waals surface area contributed by atoms with Gasteiger partial charge in [-0.1, -0.05) is 44.6 Å². The highest BCUT2D eigenvalue weighted by Crippen LogP contribution is 2.61. The summed E-state index contributed by atoms with van der Waals surface area (Å²) >= 11 is 1.56. The largest absolute Gasteiger partial charge is 0.465 e. The van der Waals surface area contributed by atoms with Gasteiger partial charge in [-0.15, -0.1) is 11.8 Å². The Morgan fingerprint density at radius 1 is 1.13 bits per heavy atom. The van der Waals surface area contributed by atoms with E-state index in [2.05, 4.69) is 11.0 Å². The van der Waals surface area contributed by atoms with Crippen LogP contribution in [0.15, 0.2) is 24.3 Å². The molecule has 7 atom stereocenters. The third-order valence-electron chi connectivity index (χ3n) is 9.01. The molecule has 0 radical (unpaired) electrons. The number of ether oxygens (including phenoxy) is 2. The van der Waals surface area contributed by atoms with Gasteiger partial charge >= 0.3 is 5.97 Å². The number of rotatable bonds is 7. The number of likely N-dealkylation sites (tertiary alicyclic amines) is 1. The normalized spacial score (nSPS) is 36.3.